The maximum Gasteiger partial charge on any atom is 0.411 e. The minimum Gasteiger partial charge on any atom is -0.465 e. The molecule has 0 bridgehead atoms. The zero-order valence-electron chi connectivity index (χ0n) is 10.6. The third-order valence-corrected chi connectivity index (χ3v) is 2.24. The van der Waals surface area contributed by atoms with Crippen molar-refractivity contribution in [1.29, 1.82) is 0 Å². The number of rotatable bonds is 4. The molecule has 1 heterocycles. The smallest absolute Gasteiger partial charge is 0.411 e. The van der Waals surface area contributed by atoms with E-state index >= 15 is 0 Å². The number of nitrogens with one attached hydrogen (secondary N) is 1. The predicted molar refractivity (Wildman–Crippen MR) is 65.6 cm³/mol. The number of anilines is 1. The normalized spacial score (nSPS) is 9.72. The molecule has 1 N–H and O–H groups in total. The van der Waals surface area contributed by atoms with Gasteiger partial charge in [-0.1, -0.05) is 6.92 Å². The summed E-state index contributed by atoms with van der Waals surface area (Å²) in [4.78, 5) is 26.8. The van der Waals surface area contributed by atoms with Crippen molar-refractivity contribution in [3.63, 3.8) is 0 Å². The summed E-state index contributed by atoms with van der Waals surface area (Å²) < 4.78 is 9.37. The molecule has 0 fully saturated rings. The number of hydrogen-bond donors (Lipinski definition) is 1. The SMILES string of the molecule is CCOC(=O)Nc1cc(C(=O)OC)cnc1CC. The molecule has 0 radical (unpaired) electrons. The number of carbonyl (C=O) groups is 2. The van der Waals surface area contributed by atoms with E-state index < -0.39 is 12.1 Å². The molecule has 6 nitrogen and oxygen atoms in total. The molecular weight excluding hydrogens is 236 g/mol. The second-order valence-electron chi connectivity index (χ2n) is 3.41. The number of carbonyl (C=O) groups excluding carboxylic acids is 2. The van der Waals surface area contributed by atoms with Crippen LogP contribution in [-0.4, -0.2) is 30.8 Å². The molecule has 0 saturated carbocycles. The number of ether oxygens (including phenoxy) is 2. The Balaban J connectivity index is 2.98. The van der Waals surface area contributed by atoms with Crippen molar-refractivity contribution in [3.8, 4) is 0 Å². The van der Waals surface area contributed by atoms with Crippen LogP contribution >= 0.6 is 0 Å². The highest BCUT2D eigenvalue weighted by atomic mass is 16.5. The lowest BCUT2D eigenvalue weighted by Crippen LogP contribution is -2.16. The van der Waals surface area contributed by atoms with Gasteiger partial charge in [-0.3, -0.25) is 10.3 Å². The van der Waals surface area contributed by atoms with Gasteiger partial charge in [-0.2, -0.15) is 0 Å². The highest BCUT2D eigenvalue weighted by Gasteiger charge is 2.12. The molecule has 1 aromatic heterocycles. The lowest BCUT2D eigenvalue weighted by molar-refractivity contribution is 0.0600. The van der Waals surface area contributed by atoms with Crippen molar-refractivity contribution in [3.05, 3.63) is 23.5 Å². The number of nitrogens with zero attached hydrogens (tertiary/aromatic N) is 1. The Morgan fingerprint density at radius 2 is 2.11 bits per heavy atom. The van der Waals surface area contributed by atoms with E-state index in [1.165, 1.54) is 19.4 Å². The molecule has 0 aliphatic rings. The first-order valence-electron chi connectivity index (χ1n) is 5.63. The molecule has 0 aliphatic heterocycles. The molecule has 0 unspecified atom stereocenters. The van der Waals surface area contributed by atoms with Crippen LogP contribution in [-0.2, 0) is 15.9 Å². The fraction of sp³-hybridized carbons (Fsp3) is 0.417. The average molecular weight is 252 g/mol. The van der Waals surface area contributed by atoms with Crippen molar-refractivity contribution in [2.75, 3.05) is 19.0 Å². The first-order chi connectivity index (χ1) is 8.62. The van der Waals surface area contributed by atoms with Crippen molar-refractivity contribution in [2.24, 2.45) is 0 Å². The summed E-state index contributed by atoms with van der Waals surface area (Å²) in [6, 6.07) is 1.52. The Morgan fingerprint density at radius 3 is 2.67 bits per heavy atom. The molecule has 98 valence electrons. The Bertz CT molecular complexity index is 446. The first-order valence-corrected chi connectivity index (χ1v) is 5.63. The van der Waals surface area contributed by atoms with E-state index in [1.54, 1.807) is 6.92 Å². The first kappa shape index (κ1) is 14.0. The summed E-state index contributed by atoms with van der Waals surface area (Å²) in [5.41, 5.74) is 1.41. The topological polar surface area (TPSA) is 77.5 Å². The van der Waals surface area contributed by atoms with Crippen LogP contribution in [0.1, 0.15) is 29.9 Å². The Kier molecular flexibility index (Phi) is 5.10. The average Bonchev–Trinajstić information content (AvgIpc) is 2.38. The number of aryl methyl sites for hydroxylation is 1. The predicted octanol–water partition coefficient (Wildman–Crippen LogP) is 2.00. The van der Waals surface area contributed by atoms with E-state index in [-0.39, 0.29) is 12.2 Å². The minimum absolute atomic E-state index is 0.275. The zero-order chi connectivity index (χ0) is 13.5. The third kappa shape index (κ3) is 3.44. The van der Waals surface area contributed by atoms with Gasteiger partial charge < -0.3 is 9.47 Å². The summed E-state index contributed by atoms with van der Waals surface area (Å²) in [5, 5.41) is 2.55. The van der Waals surface area contributed by atoms with E-state index in [4.69, 9.17) is 4.74 Å². The quantitative estimate of drug-likeness (QED) is 0.829. The molecule has 18 heavy (non-hydrogen) atoms. The molecule has 0 aromatic carbocycles. The molecule has 0 aliphatic carbocycles. The molecule has 0 atom stereocenters. The van der Waals surface area contributed by atoms with Gasteiger partial charge in [0.15, 0.2) is 0 Å². The Morgan fingerprint density at radius 1 is 1.39 bits per heavy atom. The van der Waals surface area contributed by atoms with Crippen LogP contribution in [0.4, 0.5) is 10.5 Å². The van der Waals surface area contributed by atoms with E-state index in [0.29, 0.717) is 17.8 Å². The van der Waals surface area contributed by atoms with E-state index in [2.05, 4.69) is 15.0 Å². The van der Waals surface area contributed by atoms with Gasteiger partial charge in [0.2, 0.25) is 0 Å². The van der Waals surface area contributed by atoms with Gasteiger partial charge in [0.25, 0.3) is 0 Å². The van der Waals surface area contributed by atoms with Crippen molar-refractivity contribution >= 4 is 17.7 Å². The largest absolute Gasteiger partial charge is 0.465 e. The number of aromatic nitrogens is 1. The molecule has 0 spiro atoms. The highest BCUT2D eigenvalue weighted by Crippen LogP contribution is 2.16. The fourth-order valence-corrected chi connectivity index (χ4v) is 1.39. The van der Waals surface area contributed by atoms with Crippen LogP contribution in [0.25, 0.3) is 0 Å². The molecule has 0 saturated heterocycles. The third-order valence-electron chi connectivity index (χ3n) is 2.24. The van der Waals surface area contributed by atoms with Gasteiger partial charge >= 0.3 is 12.1 Å². The summed E-state index contributed by atoms with van der Waals surface area (Å²) in [6.07, 6.45) is 1.47. The van der Waals surface area contributed by atoms with Gasteiger partial charge in [-0.25, -0.2) is 9.59 Å². The standard InChI is InChI=1S/C12H16N2O4/c1-4-9-10(14-12(16)18-5-2)6-8(7-13-9)11(15)17-3/h6-7H,4-5H2,1-3H3,(H,14,16). The Labute approximate surface area is 105 Å². The number of pyridine rings is 1. The van der Waals surface area contributed by atoms with Crippen LogP contribution in [0.3, 0.4) is 0 Å². The van der Waals surface area contributed by atoms with Gasteiger partial charge in [0.1, 0.15) is 0 Å². The van der Waals surface area contributed by atoms with Gasteiger partial charge in [-0.15, -0.1) is 0 Å². The van der Waals surface area contributed by atoms with E-state index in [9.17, 15) is 9.59 Å². The van der Waals surface area contributed by atoms with E-state index in [0.717, 1.165) is 0 Å². The van der Waals surface area contributed by atoms with Crippen molar-refractivity contribution in [1.82, 2.24) is 4.98 Å². The van der Waals surface area contributed by atoms with Crippen LogP contribution in [0, 0.1) is 0 Å². The molecule has 6 heteroatoms. The summed E-state index contributed by atoms with van der Waals surface area (Å²) in [7, 11) is 1.29. The van der Waals surface area contributed by atoms with Crippen LogP contribution in [0.5, 0.6) is 0 Å². The lowest BCUT2D eigenvalue weighted by Gasteiger charge is -2.10. The van der Waals surface area contributed by atoms with Crippen LogP contribution in [0.2, 0.25) is 0 Å². The number of methoxy groups -OCH3 is 1. The fourth-order valence-electron chi connectivity index (χ4n) is 1.39. The lowest BCUT2D eigenvalue weighted by atomic mass is 10.2. The number of amides is 1. The van der Waals surface area contributed by atoms with Gasteiger partial charge in [0.05, 0.1) is 30.7 Å². The molecular formula is C12H16N2O4. The second-order valence-corrected chi connectivity index (χ2v) is 3.41. The van der Waals surface area contributed by atoms with Gasteiger partial charge in [0, 0.05) is 6.20 Å². The van der Waals surface area contributed by atoms with Crippen molar-refractivity contribution in [2.45, 2.75) is 20.3 Å². The zero-order valence-corrected chi connectivity index (χ0v) is 10.6. The maximum absolute atomic E-state index is 11.4. The summed E-state index contributed by atoms with van der Waals surface area (Å²) in [5.74, 6) is -0.503. The van der Waals surface area contributed by atoms with Crippen LogP contribution < -0.4 is 5.32 Å². The monoisotopic (exact) mass is 252 g/mol. The second kappa shape index (κ2) is 6.58. The van der Waals surface area contributed by atoms with E-state index in [1.807, 2.05) is 6.92 Å². The molecule has 1 amide bonds. The van der Waals surface area contributed by atoms with Gasteiger partial charge in [-0.05, 0) is 19.4 Å². The highest BCUT2D eigenvalue weighted by molar-refractivity contribution is 5.92. The molecule has 1 aromatic rings. The molecule has 1 rings (SSSR count). The minimum atomic E-state index is -0.573. The number of esters is 1. The van der Waals surface area contributed by atoms with Crippen molar-refractivity contribution < 1.29 is 19.1 Å². The summed E-state index contributed by atoms with van der Waals surface area (Å²) >= 11 is 0. The number of hydrogen-bond acceptors (Lipinski definition) is 5. The Hall–Kier alpha value is -2.11. The van der Waals surface area contributed by atoms with Crippen LogP contribution in [0.15, 0.2) is 12.3 Å². The summed E-state index contributed by atoms with van der Waals surface area (Å²) in [6.45, 7) is 3.89. The maximum atomic E-state index is 11.4.